The van der Waals surface area contributed by atoms with Gasteiger partial charge < -0.3 is 19.4 Å². The maximum absolute atomic E-state index is 12.7. The smallest absolute Gasteiger partial charge is 0.420 e. The van der Waals surface area contributed by atoms with Gasteiger partial charge in [-0.25, -0.2) is 4.79 Å². The lowest BCUT2D eigenvalue weighted by Crippen LogP contribution is -2.48. The van der Waals surface area contributed by atoms with Gasteiger partial charge in [-0.1, -0.05) is 82.6 Å². The van der Waals surface area contributed by atoms with Gasteiger partial charge in [-0.2, -0.15) is 0 Å². The van der Waals surface area contributed by atoms with E-state index in [2.05, 4.69) is 29.3 Å². The van der Waals surface area contributed by atoms with Gasteiger partial charge in [0, 0.05) is 38.5 Å². The van der Waals surface area contributed by atoms with Crippen LogP contribution < -0.4 is 11.1 Å². The van der Waals surface area contributed by atoms with E-state index in [4.69, 9.17) is 9.15 Å². The molecule has 1 N–H and O–H groups in total. The second-order valence-corrected chi connectivity index (χ2v) is 13.5. The van der Waals surface area contributed by atoms with Crippen LogP contribution in [0.3, 0.4) is 0 Å². The van der Waals surface area contributed by atoms with Crippen molar-refractivity contribution in [3.63, 3.8) is 0 Å². The average molecular weight is 626 g/mol. The Hall–Kier alpha value is -2.87. The number of hydrogen-bond acceptors (Lipinski definition) is 6. The number of carbonyl (C=O) groups is 2. The highest BCUT2D eigenvalue weighted by Gasteiger charge is 2.26. The van der Waals surface area contributed by atoms with E-state index in [1.54, 1.807) is 4.57 Å². The van der Waals surface area contributed by atoms with Gasteiger partial charge >= 0.3 is 11.7 Å². The van der Waals surface area contributed by atoms with Crippen molar-refractivity contribution in [3.8, 4) is 0 Å². The largest absolute Gasteiger partial charge is 0.463 e. The van der Waals surface area contributed by atoms with E-state index in [-0.39, 0.29) is 30.3 Å². The molecule has 0 spiro atoms. The Morgan fingerprint density at radius 2 is 1.53 bits per heavy atom. The molecule has 0 radical (unpaired) electrons. The van der Waals surface area contributed by atoms with Crippen LogP contribution in [0.15, 0.2) is 45.6 Å². The summed E-state index contributed by atoms with van der Waals surface area (Å²) < 4.78 is 12.7. The third-order valence-electron chi connectivity index (χ3n) is 8.81. The molecule has 1 aromatic heterocycles. The highest BCUT2D eigenvalue weighted by atomic mass is 16.5. The van der Waals surface area contributed by atoms with E-state index >= 15 is 0 Å². The summed E-state index contributed by atoms with van der Waals surface area (Å²) in [6.45, 7) is 8.50. The summed E-state index contributed by atoms with van der Waals surface area (Å²) in [6, 6.07) is 7.64. The Labute approximate surface area is 270 Å². The van der Waals surface area contributed by atoms with Gasteiger partial charge in [0.25, 0.3) is 0 Å². The second kappa shape index (κ2) is 20.3. The number of esters is 1. The molecular weight excluding hydrogens is 566 g/mol. The summed E-state index contributed by atoms with van der Waals surface area (Å²) in [5.41, 5.74) is 0.847. The monoisotopic (exact) mass is 625 g/mol. The van der Waals surface area contributed by atoms with Crippen LogP contribution in [0.5, 0.6) is 0 Å². The summed E-state index contributed by atoms with van der Waals surface area (Å²) in [5.74, 6) is -0.542. The third kappa shape index (κ3) is 14.0. The number of allylic oxidation sites excluding steroid dienone is 2. The van der Waals surface area contributed by atoms with Crippen LogP contribution in [0, 0.1) is 0 Å². The number of benzene rings is 1. The van der Waals surface area contributed by atoms with Crippen molar-refractivity contribution in [2.45, 2.75) is 142 Å². The lowest BCUT2D eigenvalue weighted by Gasteiger charge is -2.32. The Balaban J connectivity index is 1.18. The first kappa shape index (κ1) is 36.6. The first-order valence-electron chi connectivity index (χ1n) is 17.7. The number of rotatable bonds is 22. The van der Waals surface area contributed by atoms with Crippen molar-refractivity contribution in [2.75, 3.05) is 26.2 Å². The number of hydrogen-bond donors (Lipinski definition) is 1. The number of likely N-dealkylation sites (tertiary alicyclic amines) is 1. The molecule has 45 heavy (non-hydrogen) atoms. The number of unbranched alkanes of at least 4 members (excludes halogenated alkanes) is 11. The third-order valence-corrected chi connectivity index (χ3v) is 8.81. The molecule has 3 rings (SSSR count). The van der Waals surface area contributed by atoms with Gasteiger partial charge in [-0.15, -0.1) is 0 Å². The minimum absolute atomic E-state index is 0.0486. The van der Waals surface area contributed by atoms with Crippen LogP contribution in [0.25, 0.3) is 11.1 Å². The Kier molecular flexibility index (Phi) is 16.5. The van der Waals surface area contributed by atoms with Crippen molar-refractivity contribution >= 4 is 23.0 Å². The Morgan fingerprint density at radius 3 is 2.22 bits per heavy atom. The fraction of sp³-hybridized carbons (Fsp3) is 0.703. The highest BCUT2D eigenvalue weighted by Crippen LogP contribution is 2.25. The minimum atomic E-state index is -0.619. The van der Waals surface area contributed by atoms with Crippen molar-refractivity contribution in [1.82, 2.24) is 14.8 Å². The number of fused-ring (bicyclic) bond motifs is 1. The van der Waals surface area contributed by atoms with Crippen molar-refractivity contribution < 1.29 is 18.7 Å². The van der Waals surface area contributed by atoms with Gasteiger partial charge in [0.2, 0.25) is 5.91 Å². The zero-order valence-corrected chi connectivity index (χ0v) is 28.3. The van der Waals surface area contributed by atoms with Crippen molar-refractivity contribution in [1.29, 1.82) is 0 Å². The summed E-state index contributed by atoms with van der Waals surface area (Å²) >= 11 is 0. The predicted molar refractivity (Wildman–Crippen MR) is 182 cm³/mol. The van der Waals surface area contributed by atoms with E-state index in [0.29, 0.717) is 25.0 Å². The molecule has 0 bridgehead atoms. The van der Waals surface area contributed by atoms with Crippen LogP contribution >= 0.6 is 0 Å². The fourth-order valence-corrected chi connectivity index (χ4v) is 6.14. The zero-order valence-electron chi connectivity index (χ0n) is 28.3. The number of aromatic nitrogens is 1. The topological polar surface area (TPSA) is 93.8 Å². The number of amides is 1. The van der Waals surface area contributed by atoms with E-state index in [1.165, 1.54) is 57.8 Å². The van der Waals surface area contributed by atoms with Crippen molar-refractivity contribution in [2.24, 2.45) is 0 Å². The minimum Gasteiger partial charge on any atom is -0.463 e. The summed E-state index contributed by atoms with van der Waals surface area (Å²) in [7, 11) is 0. The lowest BCUT2D eigenvalue weighted by molar-refractivity contribution is -0.146. The predicted octanol–water partition coefficient (Wildman–Crippen LogP) is 8.10. The number of para-hydroxylation sites is 2. The Morgan fingerprint density at radius 1 is 0.911 bits per heavy atom. The molecule has 1 aromatic carbocycles. The molecule has 1 saturated heterocycles. The summed E-state index contributed by atoms with van der Waals surface area (Å²) in [4.78, 5) is 39.6. The van der Waals surface area contributed by atoms with Crippen molar-refractivity contribution in [3.05, 3.63) is 47.0 Å². The fourth-order valence-electron chi connectivity index (χ4n) is 6.14. The maximum atomic E-state index is 12.7. The molecule has 1 amide bonds. The van der Waals surface area contributed by atoms with E-state index < -0.39 is 5.54 Å². The number of nitrogens with zero attached hydrogens (tertiary/aromatic N) is 2. The van der Waals surface area contributed by atoms with Gasteiger partial charge in [0.15, 0.2) is 5.58 Å². The standard InChI is InChI=1S/C37H59N3O5/c1-4-5-6-7-8-9-10-11-12-13-14-15-16-17-18-23-35(42)44-30-37(2,3)38-34(41)26-29-39-27-24-31(25-28-39)40-32-21-19-20-22-33(32)45-36(40)43/h11-12,19-22,31H,4-10,13-18,23-30H2,1-3H3,(H,38,41)/b12-11-. The molecule has 1 aliphatic rings. The van der Waals surface area contributed by atoms with Gasteiger partial charge in [0.1, 0.15) is 6.61 Å². The SMILES string of the molecule is CCCCCCCC/C=C\CCCCCCCC(=O)OCC(C)(C)NC(=O)CCN1CCC(n2c(=O)oc3ccccc32)CC1. The molecular formula is C37H59N3O5. The average Bonchev–Trinajstić information content (AvgIpc) is 3.36. The van der Waals surface area contributed by atoms with Crippen LogP contribution in [-0.2, 0) is 14.3 Å². The molecule has 0 aliphatic carbocycles. The number of piperidine rings is 1. The van der Waals surface area contributed by atoms with Gasteiger partial charge in [0.05, 0.1) is 11.1 Å². The van der Waals surface area contributed by atoms with E-state index in [0.717, 1.165) is 57.1 Å². The first-order chi connectivity index (χ1) is 21.8. The summed E-state index contributed by atoms with van der Waals surface area (Å²) in [5, 5.41) is 3.03. The molecule has 1 fully saturated rings. The van der Waals surface area contributed by atoms with Gasteiger partial charge in [-0.3, -0.25) is 14.2 Å². The molecule has 8 nitrogen and oxygen atoms in total. The molecule has 0 unspecified atom stereocenters. The normalized spacial score (nSPS) is 14.8. The lowest BCUT2D eigenvalue weighted by atomic mass is 10.0. The molecule has 0 saturated carbocycles. The highest BCUT2D eigenvalue weighted by molar-refractivity contribution is 5.77. The number of oxazole rings is 1. The number of carbonyl (C=O) groups excluding carboxylic acids is 2. The van der Waals surface area contributed by atoms with Crippen LogP contribution in [0.2, 0.25) is 0 Å². The number of ether oxygens (including phenoxy) is 1. The molecule has 0 atom stereocenters. The van der Waals surface area contributed by atoms with Gasteiger partial charge in [-0.05, 0) is 70.9 Å². The molecule has 8 heteroatoms. The molecule has 1 aliphatic heterocycles. The van der Waals surface area contributed by atoms with E-state index in [9.17, 15) is 14.4 Å². The molecule has 2 heterocycles. The van der Waals surface area contributed by atoms with Crippen LogP contribution in [0.1, 0.15) is 136 Å². The maximum Gasteiger partial charge on any atom is 0.420 e. The molecule has 2 aromatic rings. The molecule has 252 valence electrons. The Bertz CT molecular complexity index is 1220. The zero-order chi connectivity index (χ0) is 32.3. The van der Waals surface area contributed by atoms with Crippen LogP contribution in [0.4, 0.5) is 0 Å². The first-order valence-corrected chi connectivity index (χ1v) is 17.7. The summed E-state index contributed by atoms with van der Waals surface area (Å²) in [6.07, 6.45) is 23.1. The second-order valence-electron chi connectivity index (χ2n) is 13.5. The van der Waals surface area contributed by atoms with E-state index in [1.807, 2.05) is 38.1 Å². The quantitative estimate of drug-likeness (QED) is 0.0807. The number of nitrogens with one attached hydrogen (secondary N) is 1. The van der Waals surface area contributed by atoms with Crippen LogP contribution in [-0.4, -0.2) is 53.1 Å².